The molecule has 4 heteroatoms. The molecule has 4 nitrogen and oxygen atoms in total. The number of rotatable bonds is 5. The summed E-state index contributed by atoms with van der Waals surface area (Å²) in [5.74, 6) is -0.384. The highest BCUT2D eigenvalue weighted by Gasteiger charge is 2.23. The van der Waals surface area contributed by atoms with E-state index in [2.05, 4.69) is 11.3 Å². The lowest BCUT2D eigenvalue weighted by atomic mass is 10.2. The summed E-state index contributed by atoms with van der Waals surface area (Å²) >= 11 is 0. The van der Waals surface area contributed by atoms with Gasteiger partial charge in [-0.1, -0.05) is 55.1 Å². The van der Waals surface area contributed by atoms with Crippen molar-refractivity contribution in [1.82, 2.24) is 0 Å². The van der Waals surface area contributed by atoms with E-state index in [1.807, 2.05) is 48.6 Å². The number of nitrogens with zero attached hydrogens (tertiary/aromatic N) is 1. The number of epoxide rings is 1. The van der Waals surface area contributed by atoms with Crippen LogP contribution >= 0.6 is 0 Å². The first-order chi connectivity index (χ1) is 10.3. The minimum atomic E-state index is -0.384. The molecule has 1 aromatic carbocycles. The predicted molar refractivity (Wildman–Crippen MR) is 81.1 cm³/mol. The lowest BCUT2D eigenvalue weighted by molar-refractivity contribution is -0.138. The van der Waals surface area contributed by atoms with Crippen LogP contribution in [0.5, 0.6) is 0 Å². The molecule has 21 heavy (non-hydrogen) atoms. The van der Waals surface area contributed by atoms with E-state index in [1.165, 1.54) is 6.08 Å². The Morgan fingerprint density at radius 1 is 1.43 bits per heavy atom. The molecule has 1 fully saturated rings. The van der Waals surface area contributed by atoms with Crippen LogP contribution in [0.1, 0.15) is 5.56 Å². The van der Waals surface area contributed by atoms with Gasteiger partial charge in [0.15, 0.2) is 0 Å². The second-order valence-corrected chi connectivity index (χ2v) is 4.05. The maximum atomic E-state index is 10.3. The Morgan fingerprint density at radius 2 is 2.14 bits per heavy atom. The third-order valence-corrected chi connectivity index (χ3v) is 2.35. The molecule has 1 heterocycles. The number of hydrogen-bond donors (Lipinski definition) is 0. The van der Waals surface area contributed by atoms with Crippen LogP contribution in [0.3, 0.4) is 0 Å². The van der Waals surface area contributed by atoms with Gasteiger partial charge in [0.1, 0.15) is 12.7 Å². The predicted octanol–water partition coefficient (Wildman–Crippen LogP) is 2.89. The monoisotopic (exact) mass is 283 g/mol. The van der Waals surface area contributed by atoms with Gasteiger partial charge in [-0.2, -0.15) is 5.26 Å². The van der Waals surface area contributed by atoms with Gasteiger partial charge in [-0.25, -0.2) is 4.79 Å². The molecule has 1 aromatic rings. The maximum Gasteiger partial charge on any atom is 0.330 e. The van der Waals surface area contributed by atoms with E-state index in [0.717, 1.165) is 11.6 Å². The zero-order valence-electron chi connectivity index (χ0n) is 11.6. The Labute approximate surface area is 124 Å². The van der Waals surface area contributed by atoms with Gasteiger partial charge >= 0.3 is 5.97 Å². The first kappa shape index (κ1) is 16.4. The lowest BCUT2D eigenvalue weighted by Gasteiger charge is -1.94. The molecule has 108 valence electrons. The molecule has 0 bridgehead atoms. The van der Waals surface area contributed by atoms with Crippen LogP contribution in [0.15, 0.2) is 61.2 Å². The molecule has 0 spiro atoms. The van der Waals surface area contributed by atoms with E-state index in [4.69, 9.17) is 10.00 Å². The van der Waals surface area contributed by atoms with Crippen LogP contribution in [0.2, 0.25) is 0 Å². The number of allylic oxidation sites excluding steroid dienone is 3. The highest BCUT2D eigenvalue weighted by Crippen LogP contribution is 2.08. The average Bonchev–Trinajstić information content (AvgIpc) is 3.35. The molecule has 1 unspecified atom stereocenters. The standard InChI is InChI=1S/C11H9N.C6H8O3/c12-10-6-2-5-9-11-7-3-1-4-8-11;1-2-6(7)9-4-5-3-8-5/h1-9H;2,5H,1,3-4H2. The Hall–Kier alpha value is -2.64. The minimum absolute atomic E-state index is 0.147. The summed E-state index contributed by atoms with van der Waals surface area (Å²) in [6.45, 7) is 4.32. The molecule has 1 saturated heterocycles. The second-order valence-electron chi connectivity index (χ2n) is 4.05. The van der Waals surface area contributed by atoms with Crippen LogP contribution in [0.4, 0.5) is 0 Å². The summed E-state index contributed by atoms with van der Waals surface area (Å²) in [5, 5.41) is 8.19. The van der Waals surface area contributed by atoms with Crippen molar-refractivity contribution in [3.05, 3.63) is 66.8 Å². The first-order valence-electron chi connectivity index (χ1n) is 6.45. The topological polar surface area (TPSA) is 62.6 Å². The third kappa shape index (κ3) is 8.98. The zero-order chi connectivity index (χ0) is 15.3. The van der Waals surface area contributed by atoms with Crippen LogP contribution in [0, 0.1) is 11.3 Å². The van der Waals surface area contributed by atoms with Crippen molar-refractivity contribution < 1.29 is 14.3 Å². The molecule has 0 amide bonds. The molecule has 2 rings (SSSR count). The van der Waals surface area contributed by atoms with Gasteiger partial charge < -0.3 is 9.47 Å². The van der Waals surface area contributed by atoms with Crippen molar-refractivity contribution in [2.45, 2.75) is 6.10 Å². The van der Waals surface area contributed by atoms with Crippen molar-refractivity contribution in [3.8, 4) is 6.07 Å². The van der Waals surface area contributed by atoms with E-state index >= 15 is 0 Å². The molecule has 0 radical (unpaired) electrons. The lowest BCUT2D eigenvalue weighted by Crippen LogP contribution is -2.06. The van der Waals surface area contributed by atoms with Gasteiger partial charge in [0, 0.05) is 12.2 Å². The van der Waals surface area contributed by atoms with Crippen molar-refractivity contribution in [1.29, 1.82) is 5.26 Å². The Balaban J connectivity index is 0.000000219. The highest BCUT2D eigenvalue weighted by molar-refractivity contribution is 5.81. The molecule has 1 atom stereocenters. The number of carbonyl (C=O) groups is 1. The number of nitriles is 1. The summed E-state index contributed by atoms with van der Waals surface area (Å²) in [6.07, 6.45) is 8.25. The Kier molecular flexibility index (Phi) is 7.96. The number of hydrogen-bond acceptors (Lipinski definition) is 4. The van der Waals surface area contributed by atoms with Gasteiger partial charge in [0.25, 0.3) is 0 Å². The van der Waals surface area contributed by atoms with E-state index in [-0.39, 0.29) is 12.1 Å². The zero-order valence-corrected chi connectivity index (χ0v) is 11.6. The average molecular weight is 283 g/mol. The molecule has 0 aliphatic carbocycles. The van der Waals surface area contributed by atoms with E-state index in [0.29, 0.717) is 13.2 Å². The maximum absolute atomic E-state index is 10.3. The SMILES string of the molecule is C=CC(=O)OCC1CO1.N#CC=CC=Cc1ccccc1. The van der Waals surface area contributed by atoms with Gasteiger partial charge in [-0.3, -0.25) is 0 Å². The summed E-state index contributed by atoms with van der Waals surface area (Å²) in [5.41, 5.74) is 1.14. The molecular formula is C17H17NO3. The largest absolute Gasteiger partial charge is 0.460 e. The van der Waals surface area contributed by atoms with E-state index < -0.39 is 0 Å². The van der Waals surface area contributed by atoms with Crippen LogP contribution < -0.4 is 0 Å². The van der Waals surface area contributed by atoms with Gasteiger partial charge in [-0.15, -0.1) is 0 Å². The van der Waals surface area contributed by atoms with Gasteiger partial charge in [0.2, 0.25) is 0 Å². The fraction of sp³-hybridized carbons (Fsp3) is 0.176. The van der Waals surface area contributed by atoms with Gasteiger partial charge in [0.05, 0.1) is 12.7 Å². The summed E-state index contributed by atoms with van der Waals surface area (Å²) in [7, 11) is 0. The fourth-order valence-corrected chi connectivity index (χ4v) is 1.23. The molecule has 1 aliphatic heterocycles. The summed E-state index contributed by atoms with van der Waals surface area (Å²) < 4.78 is 9.42. The normalized spacial score (nSPS) is 15.9. The number of benzene rings is 1. The first-order valence-corrected chi connectivity index (χ1v) is 6.45. The Morgan fingerprint density at radius 3 is 2.71 bits per heavy atom. The van der Waals surface area contributed by atoms with E-state index in [9.17, 15) is 4.79 Å². The quantitative estimate of drug-likeness (QED) is 0.274. The smallest absolute Gasteiger partial charge is 0.330 e. The summed E-state index contributed by atoms with van der Waals surface area (Å²) in [4.78, 5) is 10.3. The van der Waals surface area contributed by atoms with Crippen molar-refractivity contribution >= 4 is 12.0 Å². The fourth-order valence-electron chi connectivity index (χ4n) is 1.23. The van der Waals surface area contributed by atoms with Crippen molar-refractivity contribution in [2.75, 3.05) is 13.2 Å². The van der Waals surface area contributed by atoms with Crippen molar-refractivity contribution in [2.24, 2.45) is 0 Å². The number of carbonyl (C=O) groups excluding carboxylic acids is 1. The molecule has 0 aromatic heterocycles. The van der Waals surface area contributed by atoms with Gasteiger partial charge in [-0.05, 0) is 5.56 Å². The van der Waals surface area contributed by atoms with Crippen LogP contribution in [-0.2, 0) is 14.3 Å². The molecule has 1 aliphatic rings. The molecule has 0 saturated carbocycles. The minimum Gasteiger partial charge on any atom is -0.460 e. The number of esters is 1. The number of ether oxygens (including phenoxy) is 2. The van der Waals surface area contributed by atoms with Crippen LogP contribution in [-0.4, -0.2) is 25.3 Å². The molecular weight excluding hydrogens is 266 g/mol. The highest BCUT2D eigenvalue weighted by atomic mass is 16.6. The summed E-state index contributed by atoms with van der Waals surface area (Å²) in [6, 6.07) is 11.9. The second kappa shape index (κ2) is 10.2. The van der Waals surface area contributed by atoms with E-state index in [1.54, 1.807) is 6.08 Å². The molecule has 0 N–H and O–H groups in total. The third-order valence-electron chi connectivity index (χ3n) is 2.35. The van der Waals surface area contributed by atoms with Crippen LogP contribution in [0.25, 0.3) is 6.08 Å². The van der Waals surface area contributed by atoms with Crippen molar-refractivity contribution in [3.63, 3.8) is 0 Å². The Bertz CT molecular complexity index is 537.